The topological polar surface area (TPSA) is 78.8 Å². The maximum atomic E-state index is 12.0. The van der Waals surface area contributed by atoms with Gasteiger partial charge in [0.2, 0.25) is 0 Å². The molecule has 2 N–H and O–H groups in total. The Kier molecular flexibility index (Phi) is 2.34. The second kappa shape index (κ2) is 3.88. The Hall–Kier alpha value is -2.28. The second-order valence-corrected chi connectivity index (χ2v) is 4.21. The maximum Gasteiger partial charge on any atom is 0.335 e. The Balaban J connectivity index is 2.46. The molecule has 3 aromatic rings. The molecule has 0 aliphatic rings. The molecule has 0 unspecified atom stereocenters. The first-order chi connectivity index (χ1) is 8.66. The summed E-state index contributed by atoms with van der Waals surface area (Å²) in [6.45, 7) is 1.81. The molecule has 0 atom stereocenters. The molecule has 3 rings (SSSR count). The number of aromatic nitrogens is 5. The third-order valence-corrected chi connectivity index (χ3v) is 2.81. The molecule has 0 radical (unpaired) electrons. The number of hydrogen-bond acceptors (Lipinski definition) is 4. The smallest absolute Gasteiger partial charge is 0.316 e. The van der Waals surface area contributed by atoms with Crippen molar-refractivity contribution >= 4 is 17.9 Å². The Bertz CT molecular complexity index is 830. The van der Waals surface area contributed by atoms with E-state index in [1.165, 1.54) is 4.40 Å². The number of nitrogens with one attached hydrogen (secondary N) is 2. The number of aromatic amines is 2. The van der Waals surface area contributed by atoms with Gasteiger partial charge in [-0.15, -0.1) is 0 Å². The van der Waals surface area contributed by atoms with Crippen molar-refractivity contribution in [1.29, 1.82) is 0 Å². The average Bonchev–Trinajstić information content (AvgIpc) is 2.68. The van der Waals surface area contributed by atoms with Gasteiger partial charge in [0.05, 0.1) is 5.69 Å². The lowest BCUT2D eigenvalue weighted by atomic mass is 10.3. The largest absolute Gasteiger partial charge is 0.335 e. The summed E-state index contributed by atoms with van der Waals surface area (Å²) < 4.78 is 1.72. The first kappa shape index (κ1) is 10.8. The normalized spacial score (nSPS) is 10.9. The highest BCUT2D eigenvalue weighted by Gasteiger charge is 2.13. The first-order valence-corrected chi connectivity index (χ1v) is 5.71. The number of hydrogen-bond donors (Lipinski definition) is 2. The number of aryl methyl sites for hydroxylation is 1. The zero-order valence-corrected chi connectivity index (χ0v) is 10.3. The molecule has 3 heterocycles. The number of rotatable bonds is 1. The number of fused-ring (bicyclic) bond motifs is 1. The van der Waals surface area contributed by atoms with Gasteiger partial charge in [-0.1, -0.05) is 6.07 Å². The van der Waals surface area contributed by atoms with Gasteiger partial charge in [-0.2, -0.15) is 0 Å². The summed E-state index contributed by atoms with van der Waals surface area (Å²) in [4.78, 5) is 26.0. The minimum Gasteiger partial charge on any atom is -0.316 e. The monoisotopic (exact) mass is 259 g/mol. The van der Waals surface area contributed by atoms with Gasteiger partial charge in [0.25, 0.3) is 0 Å². The molecule has 6 nitrogen and oxygen atoms in total. The van der Waals surface area contributed by atoms with Gasteiger partial charge in [-0.25, -0.2) is 14.2 Å². The van der Waals surface area contributed by atoms with E-state index in [0.29, 0.717) is 22.9 Å². The van der Waals surface area contributed by atoms with Crippen molar-refractivity contribution in [2.24, 2.45) is 0 Å². The molecule has 0 amide bonds. The molecule has 7 heteroatoms. The third kappa shape index (κ3) is 1.56. The molecule has 0 bridgehead atoms. The zero-order valence-electron chi connectivity index (χ0n) is 9.47. The van der Waals surface area contributed by atoms with Crippen LogP contribution in [0.5, 0.6) is 0 Å². The minimum atomic E-state index is -0.324. The van der Waals surface area contributed by atoms with Crippen LogP contribution in [-0.2, 0) is 0 Å². The SMILES string of the molecule is Cc1nc(-c2ccccn2)n2c(=O)[nH]c(=S)[nH]c12. The van der Waals surface area contributed by atoms with E-state index in [2.05, 4.69) is 19.9 Å². The summed E-state index contributed by atoms with van der Waals surface area (Å²) in [6, 6.07) is 5.46. The van der Waals surface area contributed by atoms with Crippen LogP contribution in [0.25, 0.3) is 17.2 Å². The fraction of sp³-hybridized carbons (Fsp3) is 0.0909. The van der Waals surface area contributed by atoms with E-state index >= 15 is 0 Å². The molecule has 3 aromatic heterocycles. The molecule has 18 heavy (non-hydrogen) atoms. The van der Waals surface area contributed by atoms with E-state index in [1.807, 2.05) is 19.1 Å². The van der Waals surface area contributed by atoms with Crippen LogP contribution in [0.15, 0.2) is 29.2 Å². The molecule has 0 spiro atoms. The van der Waals surface area contributed by atoms with Gasteiger partial charge in [0.1, 0.15) is 11.3 Å². The minimum absolute atomic E-state index is 0.281. The summed E-state index contributed by atoms with van der Waals surface area (Å²) >= 11 is 4.94. The lowest BCUT2D eigenvalue weighted by molar-refractivity contribution is 0.936. The summed E-state index contributed by atoms with van der Waals surface area (Å²) in [5.41, 5.74) is 1.60. The van der Waals surface area contributed by atoms with Crippen LogP contribution in [0.2, 0.25) is 0 Å². The molecule has 0 fully saturated rings. The van der Waals surface area contributed by atoms with E-state index in [0.717, 1.165) is 0 Å². The van der Waals surface area contributed by atoms with E-state index in [1.54, 1.807) is 12.3 Å². The molecule has 90 valence electrons. The summed E-state index contributed by atoms with van der Waals surface area (Å²) in [6.07, 6.45) is 1.66. The van der Waals surface area contributed by atoms with Gasteiger partial charge in [0.15, 0.2) is 10.6 Å². The first-order valence-electron chi connectivity index (χ1n) is 5.30. The third-order valence-electron chi connectivity index (χ3n) is 2.60. The van der Waals surface area contributed by atoms with Crippen molar-refractivity contribution in [3.05, 3.63) is 45.3 Å². The Morgan fingerprint density at radius 2 is 2.17 bits per heavy atom. The molecule has 0 aromatic carbocycles. The maximum absolute atomic E-state index is 12.0. The van der Waals surface area contributed by atoms with Crippen LogP contribution in [0.3, 0.4) is 0 Å². The predicted molar refractivity (Wildman–Crippen MR) is 69.0 cm³/mol. The lowest BCUT2D eigenvalue weighted by Gasteiger charge is -1.98. The van der Waals surface area contributed by atoms with E-state index in [-0.39, 0.29) is 10.5 Å². The Morgan fingerprint density at radius 1 is 1.33 bits per heavy atom. The molecule has 0 saturated carbocycles. The Labute approximate surface area is 106 Å². The number of H-pyrrole nitrogens is 2. The predicted octanol–water partition coefficient (Wildman–Crippen LogP) is 1.45. The van der Waals surface area contributed by atoms with E-state index in [4.69, 9.17) is 12.2 Å². The highest BCUT2D eigenvalue weighted by molar-refractivity contribution is 7.71. The number of nitrogens with zero attached hydrogens (tertiary/aromatic N) is 3. The lowest BCUT2D eigenvalue weighted by Crippen LogP contribution is -2.18. The number of pyridine rings is 1. The second-order valence-electron chi connectivity index (χ2n) is 3.80. The van der Waals surface area contributed by atoms with Gasteiger partial charge < -0.3 is 4.98 Å². The highest BCUT2D eigenvalue weighted by atomic mass is 32.1. The molecular formula is C11H9N5OS. The van der Waals surface area contributed by atoms with Crippen molar-refractivity contribution in [3.8, 4) is 11.5 Å². The fourth-order valence-corrected chi connectivity index (χ4v) is 2.02. The van der Waals surface area contributed by atoms with Gasteiger partial charge in [0, 0.05) is 6.20 Å². The summed E-state index contributed by atoms with van der Waals surface area (Å²) in [5, 5.41) is 0. The standard InChI is InChI=1S/C11H9N5OS/c1-6-8-14-10(18)15-11(17)16(8)9(13-6)7-4-2-3-5-12-7/h2-5H,1H3,(H2,14,15,17,18). The van der Waals surface area contributed by atoms with Crippen molar-refractivity contribution < 1.29 is 0 Å². The van der Waals surface area contributed by atoms with Gasteiger partial charge in [-0.3, -0.25) is 9.97 Å². The fourth-order valence-electron chi connectivity index (χ4n) is 1.83. The van der Waals surface area contributed by atoms with Gasteiger partial charge in [-0.05, 0) is 31.3 Å². The van der Waals surface area contributed by atoms with Crippen molar-refractivity contribution in [2.75, 3.05) is 0 Å². The summed E-state index contributed by atoms with van der Waals surface area (Å²) in [7, 11) is 0. The van der Waals surface area contributed by atoms with Crippen LogP contribution in [0.4, 0.5) is 0 Å². The van der Waals surface area contributed by atoms with Crippen LogP contribution in [0.1, 0.15) is 5.69 Å². The average molecular weight is 259 g/mol. The summed E-state index contributed by atoms with van der Waals surface area (Å²) in [5.74, 6) is 0.496. The van der Waals surface area contributed by atoms with Crippen LogP contribution >= 0.6 is 12.2 Å². The van der Waals surface area contributed by atoms with Crippen molar-refractivity contribution in [2.45, 2.75) is 6.92 Å². The molecule has 0 saturated heterocycles. The van der Waals surface area contributed by atoms with Crippen LogP contribution in [0, 0.1) is 11.7 Å². The van der Waals surface area contributed by atoms with Crippen LogP contribution < -0.4 is 5.69 Å². The zero-order chi connectivity index (χ0) is 12.7. The highest BCUT2D eigenvalue weighted by Crippen LogP contribution is 2.16. The molecule has 0 aliphatic heterocycles. The van der Waals surface area contributed by atoms with Crippen molar-refractivity contribution in [1.82, 2.24) is 24.3 Å². The van der Waals surface area contributed by atoms with E-state index < -0.39 is 0 Å². The van der Waals surface area contributed by atoms with E-state index in [9.17, 15) is 4.79 Å². The van der Waals surface area contributed by atoms with Crippen LogP contribution in [-0.4, -0.2) is 24.3 Å². The quantitative estimate of drug-likeness (QED) is 0.648. The number of imidazole rings is 1. The van der Waals surface area contributed by atoms with Gasteiger partial charge >= 0.3 is 5.69 Å². The molecular weight excluding hydrogens is 250 g/mol. The van der Waals surface area contributed by atoms with Crippen molar-refractivity contribution in [3.63, 3.8) is 0 Å². The Morgan fingerprint density at radius 3 is 2.89 bits per heavy atom. The molecule has 0 aliphatic carbocycles.